The van der Waals surface area contributed by atoms with E-state index in [4.69, 9.17) is 4.74 Å². The molecule has 0 saturated carbocycles. The van der Waals surface area contributed by atoms with Crippen LogP contribution in [0.5, 0.6) is 0 Å². The number of nitrogens with one attached hydrogen (secondary N) is 1. The van der Waals surface area contributed by atoms with Gasteiger partial charge < -0.3 is 10.1 Å². The molecule has 0 radical (unpaired) electrons. The molecule has 1 amide bonds. The van der Waals surface area contributed by atoms with E-state index in [2.05, 4.69) is 15.6 Å². The molecule has 200 valence electrons. The largest absolute Gasteiger partial charge is 0.464 e. The standard InChI is InChI=1S/C29H27F2N5O3/c1-39-29(38)25-18-36(34-33-25)22-15-26(35(17-22)16-19-12-13-23(30)24(31)14-19)28(37)32-27(20-8-4-2-5-9-20)21-10-6-3-7-11-21/h2-14,18,22,26-27H,15-17H2,1H3,(H,32,37)/t22-,26+/m1/s1. The molecule has 0 bridgehead atoms. The number of methoxy groups -OCH3 is 1. The molecule has 1 N–H and O–H groups in total. The fourth-order valence-electron chi connectivity index (χ4n) is 4.93. The van der Waals surface area contributed by atoms with Gasteiger partial charge in [-0.25, -0.2) is 18.3 Å². The van der Waals surface area contributed by atoms with Crippen LogP contribution in [0.2, 0.25) is 0 Å². The van der Waals surface area contributed by atoms with Crippen molar-refractivity contribution in [1.82, 2.24) is 25.2 Å². The van der Waals surface area contributed by atoms with E-state index in [1.54, 1.807) is 4.68 Å². The van der Waals surface area contributed by atoms with E-state index in [0.29, 0.717) is 18.5 Å². The van der Waals surface area contributed by atoms with Crippen molar-refractivity contribution in [1.29, 1.82) is 0 Å². The molecule has 0 aliphatic carbocycles. The van der Waals surface area contributed by atoms with Crippen molar-refractivity contribution in [3.63, 3.8) is 0 Å². The van der Waals surface area contributed by atoms with Gasteiger partial charge in [0.25, 0.3) is 0 Å². The summed E-state index contributed by atoms with van der Waals surface area (Å²) in [4.78, 5) is 27.6. The third-order valence-electron chi connectivity index (χ3n) is 6.89. The zero-order chi connectivity index (χ0) is 27.4. The number of ether oxygens (including phenoxy) is 1. The molecule has 3 aromatic carbocycles. The van der Waals surface area contributed by atoms with Crippen molar-refractivity contribution in [2.75, 3.05) is 13.7 Å². The van der Waals surface area contributed by atoms with E-state index >= 15 is 0 Å². The molecule has 4 aromatic rings. The average Bonchev–Trinajstić information content (AvgIpc) is 3.62. The normalized spacial score (nSPS) is 17.3. The molecule has 5 rings (SSSR count). The van der Waals surface area contributed by atoms with Gasteiger partial charge in [0.05, 0.1) is 31.4 Å². The highest BCUT2D eigenvalue weighted by atomic mass is 19.2. The highest BCUT2D eigenvalue weighted by molar-refractivity contribution is 5.86. The van der Waals surface area contributed by atoms with E-state index in [9.17, 15) is 18.4 Å². The first-order chi connectivity index (χ1) is 18.9. The lowest BCUT2D eigenvalue weighted by molar-refractivity contribution is -0.126. The Hall–Kier alpha value is -4.44. The number of esters is 1. The molecule has 10 heteroatoms. The molecule has 0 unspecified atom stereocenters. The highest BCUT2D eigenvalue weighted by Gasteiger charge is 2.39. The van der Waals surface area contributed by atoms with Crippen molar-refractivity contribution < 1.29 is 23.1 Å². The lowest BCUT2D eigenvalue weighted by Crippen LogP contribution is -2.44. The molecule has 1 saturated heterocycles. The predicted molar refractivity (Wildman–Crippen MR) is 138 cm³/mol. The molecule has 2 heterocycles. The van der Waals surface area contributed by atoms with Crippen LogP contribution in [0.25, 0.3) is 0 Å². The Morgan fingerprint density at radius 1 is 1.00 bits per heavy atom. The van der Waals surface area contributed by atoms with Gasteiger partial charge in [0, 0.05) is 13.1 Å². The number of carbonyl (C=O) groups excluding carboxylic acids is 2. The molecule has 2 atom stereocenters. The van der Waals surface area contributed by atoms with Gasteiger partial charge in [-0.3, -0.25) is 9.69 Å². The summed E-state index contributed by atoms with van der Waals surface area (Å²) in [6.45, 7) is 0.591. The summed E-state index contributed by atoms with van der Waals surface area (Å²) < 4.78 is 33.8. The van der Waals surface area contributed by atoms with Crippen LogP contribution in [0.1, 0.15) is 45.7 Å². The fourth-order valence-corrected chi connectivity index (χ4v) is 4.93. The van der Waals surface area contributed by atoms with Crippen molar-refractivity contribution in [3.05, 3.63) is 119 Å². The lowest BCUT2D eigenvalue weighted by atomic mass is 9.98. The number of hydrogen-bond donors (Lipinski definition) is 1. The van der Waals surface area contributed by atoms with Gasteiger partial charge in [0.1, 0.15) is 0 Å². The molecule has 8 nitrogen and oxygen atoms in total. The van der Waals surface area contributed by atoms with Crippen molar-refractivity contribution in [2.24, 2.45) is 0 Å². The van der Waals surface area contributed by atoms with Crippen LogP contribution in [-0.2, 0) is 16.1 Å². The van der Waals surface area contributed by atoms with Gasteiger partial charge in [0.15, 0.2) is 17.3 Å². The van der Waals surface area contributed by atoms with E-state index in [1.165, 1.54) is 19.4 Å². The molecule has 1 aliphatic heterocycles. The van der Waals surface area contributed by atoms with Gasteiger partial charge in [-0.05, 0) is 35.2 Å². The van der Waals surface area contributed by atoms with Crippen LogP contribution in [-0.4, -0.2) is 51.5 Å². The minimum Gasteiger partial charge on any atom is -0.464 e. The average molecular weight is 532 g/mol. The molecule has 0 spiro atoms. The maximum Gasteiger partial charge on any atom is 0.360 e. The fraction of sp³-hybridized carbons (Fsp3) is 0.241. The molecule has 1 fully saturated rings. The topological polar surface area (TPSA) is 89.4 Å². The number of likely N-dealkylation sites (tertiary alicyclic amines) is 1. The number of hydrogen-bond acceptors (Lipinski definition) is 6. The number of benzene rings is 3. The van der Waals surface area contributed by atoms with Crippen LogP contribution in [0.4, 0.5) is 8.78 Å². The molecular weight excluding hydrogens is 504 g/mol. The van der Waals surface area contributed by atoms with Gasteiger partial charge in [-0.15, -0.1) is 5.10 Å². The van der Waals surface area contributed by atoms with Crippen molar-refractivity contribution >= 4 is 11.9 Å². The Balaban J connectivity index is 1.43. The number of nitrogens with zero attached hydrogens (tertiary/aromatic N) is 4. The van der Waals surface area contributed by atoms with Crippen LogP contribution in [0, 0.1) is 11.6 Å². The highest BCUT2D eigenvalue weighted by Crippen LogP contribution is 2.31. The van der Waals surface area contributed by atoms with Crippen LogP contribution < -0.4 is 5.32 Å². The predicted octanol–water partition coefficient (Wildman–Crippen LogP) is 4.06. The lowest BCUT2D eigenvalue weighted by Gasteiger charge is -2.27. The van der Waals surface area contributed by atoms with Crippen LogP contribution in [0.3, 0.4) is 0 Å². The Labute approximate surface area is 224 Å². The number of aromatic nitrogens is 3. The minimum atomic E-state index is -0.948. The van der Waals surface area contributed by atoms with Crippen molar-refractivity contribution in [2.45, 2.75) is 31.1 Å². The smallest absolute Gasteiger partial charge is 0.360 e. The van der Waals surface area contributed by atoms with Gasteiger partial charge in [-0.1, -0.05) is 71.9 Å². The molecular formula is C29H27F2N5O3. The number of rotatable bonds is 8. The Morgan fingerprint density at radius 3 is 2.28 bits per heavy atom. The summed E-state index contributed by atoms with van der Waals surface area (Å²) in [5.41, 5.74) is 2.45. The quantitative estimate of drug-likeness (QED) is 0.345. The van der Waals surface area contributed by atoms with Crippen LogP contribution >= 0.6 is 0 Å². The van der Waals surface area contributed by atoms with Gasteiger partial charge in [0.2, 0.25) is 5.91 Å². The third kappa shape index (κ3) is 5.85. The minimum absolute atomic E-state index is 0.0609. The second-order valence-electron chi connectivity index (χ2n) is 9.42. The third-order valence-corrected chi connectivity index (χ3v) is 6.89. The summed E-state index contributed by atoms with van der Waals surface area (Å²) in [5, 5.41) is 11.2. The maximum atomic E-state index is 14.0. The SMILES string of the molecule is COC(=O)c1cn([C@@H]2C[C@@H](C(=O)NC(c3ccccc3)c3ccccc3)N(Cc3ccc(F)c(F)c3)C2)nn1. The van der Waals surface area contributed by atoms with E-state index in [1.807, 2.05) is 65.6 Å². The molecule has 1 aromatic heterocycles. The Kier molecular flexibility index (Phi) is 7.74. The van der Waals surface area contributed by atoms with E-state index < -0.39 is 23.6 Å². The number of carbonyl (C=O) groups is 2. The first kappa shape index (κ1) is 26.2. The monoisotopic (exact) mass is 531 g/mol. The number of amides is 1. The number of halogens is 2. The Morgan fingerprint density at radius 2 is 1.67 bits per heavy atom. The van der Waals surface area contributed by atoms with Crippen LogP contribution in [0.15, 0.2) is 85.1 Å². The summed E-state index contributed by atoms with van der Waals surface area (Å²) in [6.07, 6.45) is 1.86. The van der Waals surface area contributed by atoms with Gasteiger partial charge >= 0.3 is 5.97 Å². The second-order valence-corrected chi connectivity index (χ2v) is 9.42. The zero-order valence-electron chi connectivity index (χ0n) is 21.2. The van der Waals surface area contributed by atoms with Gasteiger partial charge in [-0.2, -0.15) is 0 Å². The zero-order valence-corrected chi connectivity index (χ0v) is 21.2. The first-order valence-electron chi connectivity index (χ1n) is 12.5. The first-order valence-corrected chi connectivity index (χ1v) is 12.5. The maximum absolute atomic E-state index is 14.0. The molecule has 39 heavy (non-hydrogen) atoms. The molecule has 1 aliphatic rings. The summed E-state index contributed by atoms with van der Waals surface area (Å²) in [6, 6.07) is 21.8. The summed E-state index contributed by atoms with van der Waals surface area (Å²) >= 11 is 0. The Bertz CT molecular complexity index is 1410. The van der Waals surface area contributed by atoms with Crippen molar-refractivity contribution in [3.8, 4) is 0 Å². The second kappa shape index (κ2) is 11.5. The summed E-state index contributed by atoms with van der Waals surface area (Å²) in [7, 11) is 1.26. The summed E-state index contributed by atoms with van der Waals surface area (Å²) in [5.74, 6) is -2.71. The van der Waals surface area contributed by atoms with E-state index in [-0.39, 0.29) is 30.2 Å². The van der Waals surface area contributed by atoms with E-state index in [0.717, 1.165) is 23.3 Å².